The minimum absolute atomic E-state index is 0.312. The van der Waals surface area contributed by atoms with Crippen molar-refractivity contribution >= 4 is 0 Å². The summed E-state index contributed by atoms with van der Waals surface area (Å²) in [7, 11) is 1.69. The van der Waals surface area contributed by atoms with Gasteiger partial charge < -0.3 is 10.1 Å². The Kier molecular flexibility index (Phi) is 4.93. The maximum absolute atomic E-state index is 5.24. The molecule has 1 N–H and O–H groups in total. The molecule has 0 bridgehead atoms. The zero-order chi connectivity index (χ0) is 13.5. The average Bonchev–Trinajstić information content (AvgIpc) is 2.48. The normalized spacial score (nSPS) is 12.1. The van der Waals surface area contributed by atoms with Crippen LogP contribution >= 0.6 is 0 Å². The summed E-state index contributed by atoms with van der Waals surface area (Å²) in [6.07, 6.45) is 4.70. The van der Waals surface area contributed by atoms with E-state index in [-0.39, 0.29) is 0 Å². The van der Waals surface area contributed by atoms with Crippen LogP contribution in [0.15, 0.2) is 48.8 Å². The standard InChI is InChI=1S/C16H20N2O/c1-13(15-6-3-7-16(11-15)19-2)18-10-8-14-5-4-9-17-12-14/h3-7,9,11-13,18H,8,10H2,1-2H3/t13-/m0/s1. The van der Waals surface area contributed by atoms with E-state index in [9.17, 15) is 0 Å². The molecule has 0 unspecified atom stereocenters. The van der Waals surface area contributed by atoms with Gasteiger partial charge in [-0.25, -0.2) is 0 Å². The number of rotatable bonds is 6. The largest absolute Gasteiger partial charge is 0.497 e. The van der Waals surface area contributed by atoms with Gasteiger partial charge in [-0.3, -0.25) is 4.98 Å². The number of hydrogen-bond donors (Lipinski definition) is 1. The van der Waals surface area contributed by atoms with E-state index in [4.69, 9.17) is 4.74 Å². The minimum atomic E-state index is 0.312. The third kappa shape index (κ3) is 4.07. The molecular weight excluding hydrogens is 236 g/mol. The van der Waals surface area contributed by atoms with Crippen LogP contribution in [0.1, 0.15) is 24.1 Å². The Balaban J connectivity index is 1.85. The Morgan fingerprint density at radius 3 is 2.89 bits per heavy atom. The number of nitrogens with one attached hydrogen (secondary N) is 1. The number of benzene rings is 1. The topological polar surface area (TPSA) is 34.1 Å². The molecule has 0 aliphatic carbocycles. The molecule has 2 rings (SSSR count). The molecule has 1 aromatic carbocycles. The molecule has 19 heavy (non-hydrogen) atoms. The van der Waals surface area contributed by atoms with Gasteiger partial charge in [0, 0.05) is 18.4 Å². The monoisotopic (exact) mass is 256 g/mol. The Morgan fingerprint density at radius 2 is 2.16 bits per heavy atom. The second-order valence-corrected chi connectivity index (χ2v) is 4.56. The van der Waals surface area contributed by atoms with Crippen molar-refractivity contribution in [2.75, 3.05) is 13.7 Å². The van der Waals surface area contributed by atoms with E-state index in [0.717, 1.165) is 18.7 Å². The fourth-order valence-electron chi connectivity index (χ4n) is 2.01. The van der Waals surface area contributed by atoms with Gasteiger partial charge in [-0.1, -0.05) is 18.2 Å². The molecule has 0 saturated carbocycles. The molecule has 1 atom stereocenters. The molecule has 0 aliphatic heterocycles. The zero-order valence-electron chi connectivity index (χ0n) is 11.5. The number of hydrogen-bond acceptors (Lipinski definition) is 3. The van der Waals surface area contributed by atoms with Gasteiger partial charge in [0.25, 0.3) is 0 Å². The lowest BCUT2D eigenvalue weighted by molar-refractivity contribution is 0.413. The van der Waals surface area contributed by atoms with Crippen molar-refractivity contribution in [1.82, 2.24) is 10.3 Å². The molecule has 0 fully saturated rings. The van der Waals surface area contributed by atoms with Crippen LogP contribution in [0.4, 0.5) is 0 Å². The van der Waals surface area contributed by atoms with E-state index in [2.05, 4.69) is 35.4 Å². The summed E-state index contributed by atoms with van der Waals surface area (Å²) in [6, 6.07) is 12.6. The third-order valence-electron chi connectivity index (χ3n) is 3.18. The zero-order valence-corrected chi connectivity index (χ0v) is 11.5. The number of nitrogens with zero attached hydrogens (tertiary/aromatic N) is 1. The average molecular weight is 256 g/mol. The first-order valence-corrected chi connectivity index (χ1v) is 6.56. The van der Waals surface area contributed by atoms with Gasteiger partial charge in [0.05, 0.1) is 7.11 Å². The molecule has 3 heteroatoms. The quantitative estimate of drug-likeness (QED) is 0.862. The van der Waals surface area contributed by atoms with Crippen LogP contribution in [0.3, 0.4) is 0 Å². The summed E-state index contributed by atoms with van der Waals surface area (Å²) in [4.78, 5) is 4.12. The highest BCUT2D eigenvalue weighted by Gasteiger charge is 2.05. The lowest BCUT2D eigenvalue weighted by atomic mass is 10.1. The molecule has 0 aliphatic rings. The summed E-state index contributed by atoms with van der Waals surface area (Å²) in [5.41, 5.74) is 2.50. The smallest absolute Gasteiger partial charge is 0.119 e. The van der Waals surface area contributed by atoms with E-state index in [0.29, 0.717) is 6.04 Å². The minimum Gasteiger partial charge on any atom is -0.497 e. The van der Waals surface area contributed by atoms with Gasteiger partial charge in [-0.15, -0.1) is 0 Å². The Labute approximate surface area is 114 Å². The van der Waals surface area contributed by atoms with Crippen LogP contribution in [0.25, 0.3) is 0 Å². The maximum Gasteiger partial charge on any atom is 0.119 e. The Hall–Kier alpha value is -1.87. The molecule has 2 aromatic rings. The van der Waals surface area contributed by atoms with Gasteiger partial charge in [0.15, 0.2) is 0 Å². The van der Waals surface area contributed by atoms with Crippen LogP contribution in [0, 0.1) is 0 Å². The van der Waals surface area contributed by atoms with E-state index < -0.39 is 0 Å². The fraction of sp³-hybridized carbons (Fsp3) is 0.312. The van der Waals surface area contributed by atoms with Crippen LogP contribution < -0.4 is 10.1 Å². The van der Waals surface area contributed by atoms with E-state index in [1.807, 2.05) is 24.4 Å². The van der Waals surface area contributed by atoms with Crippen molar-refractivity contribution in [1.29, 1.82) is 0 Å². The number of ether oxygens (including phenoxy) is 1. The molecule has 1 aromatic heterocycles. The molecule has 1 heterocycles. The van der Waals surface area contributed by atoms with Gasteiger partial charge in [-0.2, -0.15) is 0 Å². The number of methoxy groups -OCH3 is 1. The highest BCUT2D eigenvalue weighted by Crippen LogP contribution is 2.18. The van der Waals surface area contributed by atoms with Gasteiger partial charge >= 0.3 is 0 Å². The van der Waals surface area contributed by atoms with E-state index in [1.54, 1.807) is 13.3 Å². The van der Waals surface area contributed by atoms with Crippen LogP contribution in [-0.2, 0) is 6.42 Å². The number of pyridine rings is 1. The van der Waals surface area contributed by atoms with E-state index in [1.165, 1.54) is 11.1 Å². The van der Waals surface area contributed by atoms with Crippen molar-refractivity contribution in [3.8, 4) is 5.75 Å². The van der Waals surface area contributed by atoms with E-state index >= 15 is 0 Å². The molecule has 3 nitrogen and oxygen atoms in total. The first-order valence-electron chi connectivity index (χ1n) is 6.56. The van der Waals surface area contributed by atoms with Crippen molar-refractivity contribution in [2.24, 2.45) is 0 Å². The second kappa shape index (κ2) is 6.90. The molecular formula is C16H20N2O. The maximum atomic E-state index is 5.24. The molecule has 0 radical (unpaired) electrons. The van der Waals surface area contributed by atoms with Gasteiger partial charge in [0.1, 0.15) is 5.75 Å². The van der Waals surface area contributed by atoms with Crippen molar-refractivity contribution < 1.29 is 4.74 Å². The summed E-state index contributed by atoms with van der Waals surface area (Å²) in [5.74, 6) is 0.901. The third-order valence-corrected chi connectivity index (χ3v) is 3.18. The van der Waals surface area contributed by atoms with Gasteiger partial charge in [-0.05, 0) is 49.2 Å². The summed E-state index contributed by atoms with van der Waals surface area (Å²) in [5, 5.41) is 3.52. The first kappa shape index (κ1) is 13.6. The summed E-state index contributed by atoms with van der Waals surface area (Å²) in [6.45, 7) is 3.10. The lowest BCUT2D eigenvalue weighted by Gasteiger charge is -2.15. The number of aromatic nitrogens is 1. The molecule has 0 spiro atoms. The molecule has 0 amide bonds. The lowest BCUT2D eigenvalue weighted by Crippen LogP contribution is -2.21. The van der Waals surface area contributed by atoms with Crippen molar-refractivity contribution in [3.05, 3.63) is 59.9 Å². The SMILES string of the molecule is COc1cccc([C@H](C)NCCc2cccnc2)c1. The second-order valence-electron chi connectivity index (χ2n) is 4.56. The summed E-state index contributed by atoms with van der Waals surface area (Å²) >= 11 is 0. The van der Waals surface area contributed by atoms with Crippen LogP contribution in [-0.4, -0.2) is 18.6 Å². The van der Waals surface area contributed by atoms with Crippen molar-refractivity contribution in [3.63, 3.8) is 0 Å². The molecule has 100 valence electrons. The van der Waals surface area contributed by atoms with Crippen molar-refractivity contribution in [2.45, 2.75) is 19.4 Å². The van der Waals surface area contributed by atoms with Crippen LogP contribution in [0.5, 0.6) is 5.75 Å². The Bertz CT molecular complexity index is 499. The predicted octanol–water partition coefficient (Wildman–Crippen LogP) is 2.98. The predicted molar refractivity (Wildman–Crippen MR) is 77.4 cm³/mol. The highest BCUT2D eigenvalue weighted by molar-refractivity contribution is 5.30. The Morgan fingerprint density at radius 1 is 1.26 bits per heavy atom. The summed E-state index contributed by atoms with van der Waals surface area (Å²) < 4.78 is 5.24. The molecule has 0 saturated heterocycles. The first-order chi connectivity index (χ1) is 9.29. The van der Waals surface area contributed by atoms with Gasteiger partial charge in [0.2, 0.25) is 0 Å². The van der Waals surface area contributed by atoms with Crippen LogP contribution in [0.2, 0.25) is 0 Å². The highest BCUT2D eigenvalue weighted by atomic mass is 16.5. The fourth-order valence-corrected chi connectivity index (χ4v) is 2.01.